The Bertz CT molecular complexity index is 656. The molecule has 2 aliphatic heterocycles. The molecule has 1 spiro atoms. The highest BCUT2D eigenvalue weighted by molar-refractivity contribution is 5.88. The van der Waals surface area contributed by atoms with Gasteiger partial charge < -0.3 is 4.74 Å². The van der Waals surface area contributed by atoms with Gasteiger partial charge in [-0.25, -0.2) is 5.06 Å². The van der Waals surface area contributed by atoms with Crippen LogP contribution < -0.4 is 0 Å². The molecule has 26 heavy (non-hydrogen) atoms. The molecule has 0 bridgehead atoms. The maximum atomic E-state index is 12.5. The van der Waals surface area contributed by atoms with Crippen molar-refractivity contribution in [2.45, 2.75) is 31.3 Å². The van der Waals surface area contributed by atoms with Gasteiger partial charge in [0, 0.05) is 38.4 Å². The lowest BCUT2D eigenvalue weighted by atomic mass is 9.77. The second kappa shape index (κ2) is 7.97. The molecular weight excluding hydrogens is 334 g/mol. The Hall–Kier alpha value is -2.25. The Morgan fingerprint density at radius 3 is 2.85 bits per heavy atom. The second-order valence-electron chi connectivity index (χ2n) is 6.79. The van der Waals surface area contributed by atoms with E-state index in [0.29, 0.717) is 12.8 Å². The van der Waals surface area contributed by atoms with E-state index in [1.165, 1.54) is 12.2 Å². The highest BCUT2D eigenvalue weighted by Gasteiger charge is 2.58. The maximum Gasteiger partial charge on any atom is 0.311 e. The van der Waals surface area contributed by atoms with Gasteiger partial charge in [-0.15, -0.1) is 6.58 Å². The number of likely N-dealkylation sites (tertiary alicyclic amines) is 1. The molecule has 0 aromatic carbocycles. The lowest BCUT2D eigenvalue weighted by Crippen LogP contribution is -2.57. The molecule has 3 heterocycles. The van der Waals surface area contributed by atoms with Crippen LogP contribution in [0.25, 0.3) is 0 Å². The van der Waals surface area contributed by atoms with Gasteiger partial charge in [0.2, 0.25) is 5.91 Å². The number of hydrogen-bond acceptors (Lipinski definition) is 6. The zero-order chi connectivity index (χ0) is 18.6. The van der Waals surface area contributed by atoms with Gasteiger partial charge in [-0.1, -0.05) is 12.1 Å². The van der Waals surface area contributed by atoms with E-state index in [0.717, 1.165) is 25.2 Å². The molecule has 2 aliphatic rings. The Balaban J connectivity index is 1.75. The fourth-order valence-electron chi connectivity index (χ4n) is 4.01. The summed E-state index contributed by atoms with van der Waals surface area (Å²) in [5, 5.41) is 1.43. The number of amides is 1. The van der Waals surface area contributed by atoms with Gasteiger partial charge in [0.25, 0.3) is 0 Å². The highest BCUT2D eigenvalue weighted by Crippen LogP contribution is 2.44. The zero-order valence-electron chi connectivity index (χ0n) is 15.1. The number of hydrogen-bond donors (Lipinski definition) is 0. The van der Waals surface area contributed by atoms with Crippen LogP contribution >= 0.6 is 0 Å². The third-order valence-corrected chi connectivity index (χ3v) is 5.32. The van der Waals surface area contributed by atoms with E-state index >= 15 is 0 Å². The normalized spacial score (nSPS) is 22.6. The van der Waals surface area contributed by atoms with Crippen LogP contribution in [0.1, 0.15) is 24.8 Å². The lowest BCUT2D eigenvalue weighted by Gasteiger charge is -2.45. The van der Waals surface area contributed by atoms with Gasteiger partial charge in [-0.3, -0.25) is 24.3 Å². The summed E-state index contributed by atoms with van der Waals surface area (Å²) in [5.41, 5.74) is 0.508. The van der Waals surface area contributed by atoms with Crippen molar-refractivity contribution in [2.75, 3.05) is 26.8 Å². The Morgan fingerprint density at radius 2 is 2.23 bits per heavy atom. The molecule has 1 atom stereocenters. The molecule has 1 aromatic heterocycles. The molecule has 1 amide bonds. The minimum atomic E-state index is -0.640. The first-order chi connectivity index (χ1) is 12.6. The molecule has 0 radical (unpaired) electrons. The van der Waals surface area contributed by atoms with Crippen molar-refractivity contribution in [2.24, 2.45) is 5.92 Å². The van der Waals surface area contributed by atoms with Gasteiger partial charge in [0.05, 0.1) is 25.2 Å². The predicted octanol–water partition coefficient (Wildman–Crippen LogP) is 1.56. The van der Waals surface area contributed by atoms with Gasteiger partial charge >= 0.3 is 5.97 Å². The predicted molar refractivity (Wildman–Crippen MR) is 94.6 cm³/mol. The molecule has 7 heteroatoms. The zero-order valence-corrected chi connectivity index (χ0v) is 15.1. The first-order valence-corrected chi connectivity index (χ1v) is 8.86. The van der Waals surface area contributed by atoms with Crippen LogP contribution in [0, 0.1) is 5.92 Å². The van der Waals surface area contributed by atoms with Gasteiger partial charge in [0.1, 0.15) is 0 Å². The standard InChI is InChI=1S/C19H25N3O4/c1-3-11-26-22-17(23)12-16(18(24)25-2)19(22)6-9-21(10-7-19)14-15-5-4-8-20-13-15/h3-5,8,13,16H,1,6-7,9-12,14H2,2H3. The molecule has 0 aliphatic carbocycles. The molecule has 3 rings (SSSR count). The van der Waals surface area contributed by atoms with Crippen molar-refractivity contribution >= 4 is 11.9 Å². The van der Waals surface area contributed by atoms with Crippen molar-refractivity contribution in [3.05, 3.63) is 42.7 Å². The van der Waals surface area contributed by atoms with E-state index in [1.807, 2.05) is 18.3 Å². The molecule has 7 nitrogen and oxygen atoms in total. The summed E-state index contributed by atoms with van der Waals surface area (Å²) in [5.74, 6) is -1.00. The number of ether oxygens (including phenoxy) is 1. The number of esters is 1. The van der Waals surface area contributed by atoms with E-state index < -0.39 is 11.5 Å². The molecule has 1 aromatic rings. The summed E-state index contributed by atoms with van der Waals surface area (Å²) in [7, 11) is 1.37. The van der Waals surface area contributed by atoms with E-state index in [1.54, 1.807) is 12.3 Å². The lowest BCUT2D eigenvalue weighted by molar-refractivity contribution is -0.218. The number of rotatable bonds is 6. The van der Waals surface area contributed by atoms with E-state index in [9.17, 15) is 9.59 Å². The summed E-state index contributed by atoms with van der Waals surface area (Å²) >= 11 is 0. The topological polar surface area (TPSA) is 72.0 Å². The number of pyridine rings is 1. The second-order valence-corrected chi connectivity index (χ2v) is 6.79. The van der Waals surface area contributed by atoms with Crippen molar-refractivity contribution in [3.63, 3.8) is 0 Å². The van der Waals surface area contributed by atoms with Gasteiger partial charge in [-0.05, 0) is 24.5 Å². The smallest absolute Gasteiger partial charge is 0.311 e. The molecule has 1 unspecified atom stereocenters. The monoisotopic (exact) mass is 359 g/mol. The Morgan fingerprint density at radius 1 is 1.46 bits per heavy atom. The number of carbonyl (C=O) groups is 2. The van der Waals surface area contributed by atoms with Gasteiger partial charge in [0.15, 0.2) is 0 Å². The summed E-state index contributed by atoms with van der Waals surface area (Å²) in [6, 6.07) is 3.97. The minimum absolute atomic E-state index is 0.131. The van der Waals surface area contributed by atoms with Crippen LogP contribution in [-0.2, 0) is 25.7 Å². The minimum Gasteiger partial charge on any atom is -0.469 e. The van der Waals surface area contributed by atoms with Crippen molar-refractivity contribution in [1.29, 1.82) is 0 Å². The molecule has 2 fully saturated rings. The van der Waals surface area contributed by atoms with Crippen LogP contribution in [0.5, 0.6) is 0 Å². The van der Waals surface area contributed by atoms with Crippen LogP contribution in [0.2, 0.25) is 0 Å². The van der Waals surface area contributed by atoms with Gasteiger partial charge in [-0.2, -0.15) is 0 Å². The first kappa shape index (κ1) is 18.5. The number of aromatic nitrogens is 1. The Labute approximate surface area is 153 Å². The number of nitrogens with zero attached hydrogens (tertiary/aromatic N) is 3. The van der Waals surface area contributed by atoms with Crippen LogP contribution in [0.15, 0.2) is 37.2 Å². The quantitative estimate of drug-likeness (QED) is 0.567. The fourth-order valence-corrected chi connectivity index (χ4v) is 4.01. The average molecular weight is 359 g/mol. The summed E-state index contributed by atoms with van der Waals surface area (Å²) in [6.45, 7) is 6.21. The van der Waals surface area contributed by atoms with Crippen LogP contribution in [0.3, 0.4) is 0 Å². The molecule has 140 valence electrons. The van der Waals surface area contributed by atoms with Crippen molar-refractivity contribution in [3.8, 4) is 0 Å². The third kappa shape index (κ3) is 3.50. The summed E-state index contributed by atoms with van der Waals surface area (Å²) < 4.78 is 4.97. The summed E-state index contributed by atoms with van der Waals surface area (Å²) in [4.78, 5) is 36.9. The van der Waals surface area contributed by atoms with Crippen molar-refractivity contribution < 1.29 is 19.2 Å². The average Bonchev–Trinajstić information content (AvgIpc) is 2.94. The SMILES string of the molecule is C=CCON1C(=O)CC(C(=O)OC)C12CCN(Cc1cccnc1)CC2. The van der Waals surface area contributed by atoms with Crippen LogP contribution in [0.4, 0.5) is 0 Å². The van der Waals surface area contributed by atoms with E-state index in [4.69, 9.17) is 9.57 Å². The van der Waals surface area contributed by atoms with E-state index in [2.05, 4.69) is 16.5 Å². The first-order valence-electron chi connectivity index (χ1n) is 8.86. The molecule has 2 saturated heterocycles. The number of methoxy groups -OCH3 is 1. The fraction of sp³-hybridized carbons (Fsp3) is 0.526. The third-order valence-electron chi connectivity index (χ3n) is 5.32. The largest absolute Gasteiger partial charge is 0.469 e. The molecular formula is C19H25N3O4. The summed E-state index contributed by atoms with van der Waals surface area (Å²) in [6.07, 6.45) is 6.68. The molecule has 0 N–H and O–H groups in total. The Kier molecular flexibility index (Phi) is 5.68. The molecule has 0 saturated carbocycles. The van der Waals surface area contributed by atoms with Crippen LogP contribution in [-0.4, -0.2) is 59.2 Å². The number of hydroxylamine groups is 2. The highest BCUT2D eigenvalue weighted by atomic mass is 16.7. The number of carbonyl (C=O) groups excluding carboxylic acids is 2. The maximum absolute atomic E-state index is 12.5. The van der Waals surface area contributed by atoms with E-state index in [-0.39, 0.29) is 24.9 Å². The number of piperidine rings is 1. The van der Waals surface area contributed by atoms with Crippen molar-refractivity contribution in [1.82, 2.24) is 14.9 Å².